The van der Waals surface area contributed by atoms with Crippen LogP contribution in [0.4, 0.5) is 5.69 Å². The van der Waals surface area contributed by atoms with Crippen molar-refractivity contribution in [3.05, 3.63) is 89.3 Å². The number of hydrogen-bond donors (Lipinski definition) is 1. The topological polar surface area (TPSA) is 72.8 Å². The zero-order chi connectivity index (χ0) is 26.0. The first-order valence-corrected chi connectivity index (χ1v) is 11.7. The van der Waals surface area contributed by atoms with E-state index >= 15 is 0 Å². The molecule has 36 heavy (non-hydrogen) atoms. The van der Waals surface area contributed by atoms with Crippen molar-refractivity contribution in [1.29, 1.82) is 0 Å². The van der Waals surface area contributed by atoms with Gasteiger partial charge in [-0.25, -0.2) is 0 Å². The zero-order valence-corrected chi connectivity index (χ0v) is 21.2. The molecule has 0 saturated heterocycles. The number of anilines is 1. The Balaban J connectivity index is 1.90. The highest BCUT2D eigenvalue weighted by molar-refractivity contribution is 6.05. The lowest BCUT2D eigenvalue weighted by atomic mass is 9.79. The number of carbonyl (C=O) groups is 2. The van der Waals surface area contributed by atoms with Crippen LogP contribution in [-0.2, 0) is 11.8 Å². The maximum Gasteiger partial charge on any atom is 0.254 e. The van der Waals surface area contributed by atoms with E-state index in [0.29, 0.717) is 28.3 Å². The minimum atomic E-state index is -0.677. The van der Waals surface area contributed by atoms with Gasteiger partial charge < -0.3 is 24.3 Å². The van der Waals surface area contributed by atoms with Gasteiger partial charge in [-0.3, -0.25) is 9.59 Å². The third-order valence-corrected chi connectivity index (χ3v) is 6.67. The van der Waals surface area contributed by atoms with Gasteiger partial charge in [0.2, 0.25) is 5.91 Å². The van der Waals surface area contributed by atoms with Gasteiger partial charge in [0.05, 0.1) is 31.9 Å². The quantitative estimate of drug-likeness (QED) is 0.495. The molecule has 2 atom stereocenters. The third-order valence-electron chi connectivity index (χ3n) is 6.67. The number of rotatable bonds is 7. The van der Waals surface area contributed by atoms with Crippen molar-refractivity contribution in [2.45, 2.75) is 18.9 Å². The Bertz CT molecular complexity index is 1350. The predicted octanol–water partition coefficient (Wildman–Crippen LogP) is 5.27. The molecule has 4 rings (SSSR count). The summed E-state index contributed by atoms with van der Waals surface area (Å²) in [5.74, 6) is 0.0391. The molecule has 2 amide bonds. The molecule has 1 aliphatic rings. The van der Waals surface area contributed by atoms with Crippen LogP contribution in [0.1, 0.15) is 51.6 Å². The first-order chi connectivity index (χ1) is 17.4. The number of benzene rings is 2. The van der Waals surface area contributed by atoms with Crippen LogP contribution in [-0.4, -0.2) is 42.5 Å². The van der Waals surface area contributed by atoms with Crippen LogP contribution < -0.4 is 14.8 Å². The highest BCUT2D eigenvalue weighted by atomic mass is 16.5. The third kappa shape index (κ3) is 4.17. The van der Waals surface area contributed by atoms with Crippen LogP contribution >= 0.6 is 0 Å². The number of hydrogen-bond acceptors (Lipinski definition) is 4. The molecule has 186 valence electrons. The van der Waals surface area contributed by atoms with Crippen molar-refractivity contribution in [2.75, 3.05) is 26.6 Å². The molecule has 1 aliphatic heterocycles. The molecule has 0 saturated carbocycles. The van der Waals surface area contributed by atoms with E-state index in [1.807, 2.05) is 55.1 Å². The van der Waals surface area contributed by atoms with Gasteiger partial charge in [0, 0.05) is 48.7 Å². The van der Waals surface area contributed by atoms with Crippen LogP contribution in [0.3, 0.4) is 0 Å². The number of methoxy groups -OCH3 is 2. The second-order valence-electron chi connectivity index (χ2n) is 8.68. The summed E-state index contributed by atoms with van der Waals surface area (Å²) in [6.45, 7) is 5.91. The van der Waals surface area contributed by atoms with Gasteiger partial charge in [-0.05, 0) is 36.8 Å². The van der Waals surface area contributed by atoms with E-state index in [9.17, 15) is 9.59 Å². The maximum atomic E-state index is 14.1. The summed E-state index contributed by atoms with van der Waals surface area (Å²) < 4.78 is 12.8. The van der Waals surface area contributed by atoms with Crippen LogP contribution in [0.5, 0.6) is 11.5 Å². The molecule has 2 aromatic carbocycles. The lowest BCUT2D eigenvalue weighted by Gasteiger charge is -2.39. The van der Waals surface area contributed by atoms with Crippen LogP contribution in [0.15, 0.2) is 61.3 Å². The minimum Gasteiger partial charge on any atom is -0.497 e. The normalized spacial score (nSPS) is 17.1. The highest BCUT2D eigenvalue weighted by Crippen LogP contribution is 2.45. The zero-order valence-electron chi connectivity index (χ0n) is 21.2. The molecule has 7 heteroatoms. The fourth-order valence-electron chi connectivity index (χ4n) is 4.99. The van der Waals surface area contributed by atoms with Gasteiger partial charge in [0.15, 0.2) is 0 Å². The van der Waals surface area contributed by atoms with E-state index in [2.05, 4.69) is 11.9 Å². The first-order valence-electron chi connectivity index (χ1n) is 11.7. The number of nitrogens with zero attached hydrogens (tertiary/aromatic N) is 2. The van der Waals surface area contributed by atoms with Crippen LogP contribution in [0.25, 0.3) is 12.2 Å². The standard InChI is InChI=1S/C29H31N3O4/c1-7-11-19-22(17-31(3)24(19)8-2)27-26(20-12-9-10-13-21(20)29(34)32(27)4)28(33)30-23-16-18(35-5)14-15-25(23)36-6/h7-17,26-27H,2H2,1,3-6H3,(H,30,33)/b11-7-. The molecule has 0 aliphatic carbocycles. The Kier molecular flexibility index (Phi) is 7.01. The Hall–Kier alpha value is -4.26. The summed E-state index contributed by atoms with van der Waals surface area (Å²) in [6, 6.07) is 12.0. The molecule has 0 spiro atoms. The summed E-state index contributed by atoms with van der Waals surface area (Å²) in [5.41, 5.74) is 4.40. The van der Waals surface area contributed by atoms with Gasteiger partial charge in [-0.2, -0.15) is 0 Å². The lowest BCUT2D eigenvalue weighted by Crippen LogP contribution is -2.44. The van der Waals surface area contributed by atoms with Crippen LogP contribution in [0, 0.1) is 0 Å². The summed E-state index contributed by atoms with van der Waals surface area (Å²) in [4.78, 5) is 29.2. The largest absolute Gasteiger partial charge is 0.497 e. The Morgan fingerprint density at radius 1 is 1.08 bits per heavy atom. The summed E-state index contributed by atoms with van der Waals surface area (Å²) in [6.07, 6.45) is 7.70. The smallest absolute Gasteiger partial charge is 0.254 e. The van der Waals surface area contributed by atoms with Crippen molar-refractivity contribution >= 4 is 29.7 Å². The molecule has 0 fully saturated rings. The Morgan fingerprint density at radius 2 is 1.83 bits per heavy atom. The molecular weight excluding hydrogens is 454 g/mol. The van der Waals surface area contributed by atoms with Gasteiger partial charge in [0.1, 0.15) is 11.5 Å². The summed E-state index contributed by atoms with van der Waals surface area (Å²) >= 11 is 0. The summed E-state index contributed by atoms with van der Waals surface area (Å²) in [7, 11) is 6.79. The van der Waals surface area contributed by atoms with Gasteiger partial charge in [0.25, 0.3) is 5.91 Å². The Labute approximate surface area is 211 Å². The second-order valence-corrected chi connectivity index (χ2v) is 8.68. The number of fused-ring (bicyclic) bond motifs is 1. The van der Waals surface area contributed by atoms with Crippen molar-refractivity contribution in [2.24, 2.45) is 7.05 Å². The van der Waals surface area contributed by atoms with E-state index in [0.717, 1.165) is 16.8 Å². The molecule has 1 aromatic heterocycles. The first kappa shape index (κ1) is 24.9. The van der Waals surface area contributed by atoms with Crippen molar-refractivity contribution in [3.8, 4) is 11.5 Å². The highest BCUT2D eigenvalue weighted by Gasteiger charge is 2.44. The molecule has 3 aromatic rings. The molecular formula is C29H31N3O4. The molecule has 7 nitrogen and oxygen atoms in total. The molecule has 2 heterocycles. The Morgan fingerprint density at radius 3 is 2.50 bits per heavy atom. The van der Waals surface area contributed by atoms with Gasteiger partial charge in [-0.1, -0.05) is 36.9 Å². The minimum absolute atomic E-state index is 0.131. The van der Waals surface area contributed by atoms with Crippen LogP contribution in [0.2, 0.25) is 0 Å². The number of allylic oxidation sites excluding steroid dienone is 1. The fraction of sp³-hybridized carbons (Fsp3) is 0.241. The van der Waals surface area contributed by atoms with E-state index < -0.39 is 12.0 Å². The average Bonchev–Trinajstić information content (AvgIpc) is 3.20. The van der Waals surface area contributed by atoms with Gasteiger partial charge >= 0.3 is 0 Å². The monoisotopic (exact) mass is 485 g/mol. The van der Waals surface area contributed by atoms with Crippen molar-refractivity contribution in [1.82, 2.24) is 9.47 Å². The number of carbonyl (C=O) groups excluding carboxylic acids is 2. The number of aromatic nitrogens is 1. The number of aryl methyl sites for hydroxylation is 1. The second kappa shape index (κ2) is 10.2. The number of likely N-dealkylation sites (N-methyl/N-ethyl adjacent to an activating group) is 1. The maximum absolute atomic E-state index is 14.1. The molecule has 0 radical (unpaired) electrons. The molecule has 2 unspecified atom stereocenters. The van der Waals surface area contributed by atoms with E-state index in [1.165, 1.54) is 0 Å². The van der Waals surface area contributed by atoms with E-state index in [-0.39, 0.29) is 11.8 Å². The number of amides is 2. The molecule has 1 N–H and O–H groups in total. The average molecular weight is 486 g/mol. The van der Waals surface area contributed by atoms with Crippen molar-refractivity contribution < 1.29 is 19.1 Å². The summed E-state index contributed by atoms with van der Waals surface area (Å²) in [5, 5.41) is 3.04. The van der Waals surface area contributed by atoms with E-state index in [1.54, 1.807) is 56.5 Å². The van der Waals surface area contributed by atoms with Crippen molar-refractivity contribution in [3.63, 3.8) is 0 Å². The van der Waals surface area contributed by atoms with E-state index in [4.69, 9.17) is 9.47 Å². The molecule has 0 bridgehead atoms. The number of ether oxygens (including phenoxy) is 2. The fourth-order valence-corrected chi connectivity index (χ4v) is 4.99. The SMILES string of the molecule is C=Cc1c(/C=C\C)c(C2C(C(=O)Nc3cc(OC)ccc3OC)c3ccccc3C(=O)N2C)cn1C. The van der Waals surface area contributed by atoms with Gasteiger partial charge in [-0.15, -0.1) is 0 Å². The number of nitrogens with one attached hydrogen (secondary N) is 1. The predicted molar refractivity (Wildman–Crippen MR) is 142 cm³/mol. The lowest BCUT2D eigenvalue weighted by molar-refractivity contribution is -0.119.